The Morgan fingerprint density at radius 2 is 2.05 bits per heavy atom. The van der Waals surface area contributed by atoms with Crippen LogP contribution >= 0.6 is 0 Å². The fraction of sp³-hybridized carbons (Fsp3) is 0.571. The number of halogens is 2. The number of hydrogen-bond donors (Lipinski definition) is 2. The van der Waals surface area contributed by atoms with Gasteiger partial charge in [0.15, 0.2) is 0 Å². The smallest absolute Gasteiger partial charge is 0.130 e. The second-order valence-electron chi connectivity index (χ2n) is 5.00. The van der Waals surface area contributed by atoms with E-state index in [9.17, 15) is 8.78 Å². The van der Waals surface area contributed by atoms with Crippen LogP contribution in [-0.4, -0.2) is 43.7 Å². The van der Waals surface area contributed by atoms with E-state index in [0.29, 0.717) is 18.2 Å². The van der Waals surface area contributed by atoms with Crippen molar-refractivity contribution in [2.75, 3.05) is 32.7 Å². The summed E-state index contributed by atoms with van der Waals surface area (Å²) in [5.74, 6) is -1.02. The van der Waals surface area contributed by atoms with Crippen LogP contribution in [-0.2, 0) is 6.54 Å². The van der Waals surface area contributed by atoms with E-state index >= 15 is 0 Å². The zero-order valence-electron chi connectivity index (χ0n) is 11.3. The summed E-state index contributed by atoms with van der Waals surface area (Å²) >= 11 is 0. The fourth-order valence-electron chi connectivity index (χ4n) is 2.33. The minimum absolute atomic E-state index is 0.422. The highest BCUT2D eigenvalue weighted by molar-refractivity contribution is 5.18. The highest BCUT2D eigenvalue weighted by Crippen LogP contribution is 2.09. The van der Waals surface area contributed by atoms with Gasteiger partial charge >= 0.3 is 0 Å². The summed E-state index contributed by atoms with van der Waals surface area (Å²) in [7, 11) is 0. The molecule has 19 heavy (non-hydrogen) atoms. The van der Waals surface area contributed by atoms with Crippen LogP contribution in [0.3, 0.4) is 0 Å². The number of benzene rings is 1. The molecule has 3 nitrogen and oxygen atoms in total. The third kappa shape index (κ3) is 4.23. The molecule has 0 aromatic heterocycles. The Hall–Kier alpha value is -1.04. The van der Waals surface area contributed by atoms with Crippen LogP contribution < -0.4 is 10.6 Å². The number of hydrogen-bond acceptors (Lipinski definition) is 3. The third-order valence-corrected chi connectivity index (χ3v) is 3.55. The highest BCUT2D eigenvalue weighted by atomic mass is 19.1. The van der Waals surface area contributed by atoms with E-state index in [4.69, 9.17) is 0 Å². The molecule has 106 valence electrons. The van der Waals surface area contributed by atoms with E-state index in [2.05, 4.69) is 22.5 Å². The van der Waals surface area contributed by atoms with Crippen LogP contribution in [0.2, 0.25) is 0 Å². The van der Waals surface area contributed by atoms with Crippen LogP contribution in [0.4, 0.5) is 8.78 Å². The van der Waals surface area contributed by atoms with Crippen molar-refractivity contribution in [3.05, 3.63) is 35.4 Å². The van der Waals surface area contributed by atoms with Gasteiger partial charge in [-0.3, -0.25) is 4.90 Å². The molecule has 2 rings (SSSR count). The minimum atomic E-state index is -0.532. The summed E-state index contributed by atoms with van der Waals surface area (Å²) in [5.41, 5.74) is 0.508. The molecule has 5 heteroatoms. The van der Waals surface area contributed by atoms with Gasteiger partial charge in [-0.2, -0.15) is 0 Å². The molecule has 2 N–H and O–H groups in total. The second-order valence-corrected chi connectivity index (χ2v) is 5.00. The van der Waals surface area contributed by atoms with Gasteiger partial charge in [-0.25, -0.2) is 8.78 Å². The quantitative estimate of drug-likeness (QED) is 0.845. The first-order valence-electron chi connectivity index (χ1n) is 6.76. The molecule has 1 atom stereocenters. The normalized spacial score (nSPS) is 18.5. The zero-order valence-corrected chi connectivity index (χ0v) is 11.3. The molecule has 0 spiro atoms. The molecule has 0 radical (unpaired) electrons. The SMILES string of the molecule is CC(CNCc1ccc(F)cc1F)N1CCNCC1. The lowest BCUT2D eigenvalue weighted by atomic mass is 10.2. The van der Waals surface area contributed by atoms with Crippen molar-refractivity contribution >= 4 is 0 Å². The number of nitrogens with zero attached hydrogens (tertiary/aromatic N) is 1. The molecule has 1 aromatic rings. The Kier molecular flexibility index (Phi) is 5.24. The van der Waals surface area contributed by atoms with Crippen LogP contribution in [0.1, 0.15) is 12.5 Å². The van der Waals surface area contributed by atoms with Crippen LogP contribution in [0.5, 0.6) is 0 Å². The van der Waals surface area contributed by atoms with Gasteiger partial charge in [0.1, 0.15) is 11.6 Å². The van der Waals surface area contributed by atoms with Crippen molar-refractivity contribution in [3.8, 4) is 0 Å². The topological polar surface area (TPSA) is 27.3 Å². The second kappa shape index (κ2) is 6.93. The van der Waals surface area contributed by atoms with Crippen molar-refractivity contribution in [1.29, 1.82) is 0 Å². The number of piperazine rings is 1. The summed E-state index contributed by atoms with van der Waals surface area (Å²) in [4.78, 5) is 2.41. The number of rotatable bonds is 5. The lowest BCUT2D eigenvalue weighted by Gasteiger charge is -2.32. The zero-order chi connectivity index (χ0) is 13.7. The number of nitrogens with one attached hydrogen (secondary N) is 2. The first-order valence-corrected chi connectivity index (χ1v) is 6.76. The minimum Gasteiger partial charge on any atom is -0.314 e. The van der Waals surface area contributed by atoms with Gasteiger partial charge in [0.05, 0.1) is 0 Å². The van der Waals surface area contributed by atoms with E-state index in [1.807, 2.05) is 0 Å². The summed E-state index contributed by atoms with van der Waals surface area (Å²) < 4.78 is 26.2. The summed E-state index contributed by atoms with van der Waals surface area (Å²) in [6, 6.07) is 4.13. The van der Waals surface area contributed by atoms with E-state index in [0.717, 1.165) is 38.8 Å². The molecule has 1 aromatic carbocycles. The van der Waals surface area contributed by atoms with E-state index < -0.39 is 11.6 Å². The maximum atomic E-state index is 13.4. The van der Waals surface area contributed by atoms with Crippen molar-refractivity contribution in [3.63, 3.8) is 0 Å². The average Bonchev–Trinajstić information content (AvgIpc) is 2.42. The van der Waals surface area contributed by atoms with Crippen molar-refractivity contribution < 1.29 is 8.78 Å². The lowest BCUT2D eigenvalue weighted by molar-refractivity contribution is 0.180. The first kappa shape index (κ1) is 14.4. The molecule has 1 unspecified atom stereocenters. The summed E-state index contributed by atoms with van der Waals surface area (Å²) in [6.07, 6.45) is 0. The fourth-order valence-corrected chi connectivity index (χ4v) is 2.33. The molecule has 1 aliphatic heterocycles. The molecule has 1 aliphatic rings. The van der Waals surface area contributed by atoms with E-state index in [1.54, 1.807) is 0 Å². The monoisotopic (exact) mass is 269 g/mol. The molecule has 1 fully saturated rings. The Morgan fingerprint density at radius 3 is 2.74 bits per heavy atom. The first-order chi connectivity index (χ1) is 9.16. The maximum Gasteiger partial charge on any atom is 0.130 e. The van der Waals surface area contributed by atoms with Gasteiger partial charge in [-0.1, -0.05) is 6.07 Å². The summed E-state index contributed by atoms with van der Waals surface area (Å²) in [5, 5.41) is 6.55. The molecular formula is C14H21F2N3. The molecule has 0 bridgehead atoms. The Balaban J connectivity index is 1.76. The van der Waals surface area contributed by atoms with E-state index in [-0.39, 0.29) is 0 Å². The summed E-state index contributed by atoms with van der Waals surface area (Å²) in [6.45, 7) is 7.55. The van der Waals surface area contributed by atoms with Gasteiger partial charge < -0.3 is 10.6 Å². The molecule has 1 heterocycles. The van der Waals surface area contributed by atoms with Crippen LogP contribution in [0.15, 0.2) is 18.2 Å². The van der Waals surface area contributed by atoms with Gasteiger partial charge in [0.2, 0.25) is 0 Å². The predicted octanol–water partition coefficient (Wildman–Crippen LogP) is 1.35. The van der Waals surface area contributed by atoms with Gasteiger partial charge in [0.25, 0.3) is 0 Å². The van der Waals surface area contributed by atoms with Gasteiger partial charge in [0, 0.05) is 56.9 Å². The van der Waals surface area contributed by atoms with Gasteiger partial charge in [-0.05, 0) is 13.0 Å². The Morgan fingerprint density at radius 1 is 1.32 bits per heavy atom. The molecular weight excluding hydrogens is 248 g/mol. The lowest BCUT2D eigenvalue weighted by Crippen LogP contribution is -2.50. The van der Waals surface area contributed by atoms with Crippen LogP contribution in [0.25, 0.3) is 0 Å². The van der Waals surface area contributed by atoms with Crippen molar-refractivity contribution in [1.82, 2.24) is 15.5 Å². The maximum absolute atomic E-state index is 13.4. The average molecular weight is 269 g/mol. The highest BCUT2D eigenvalue weighted by Gasteiger charge is 2.15. The molecule has 0 aliphatic carbocycles. The van der Waals surface area contributed by atoms with Crippen molar-refractivity contribution in [2.24, 2.45) is 0 Å². The largest absolute Gasteiger partial charge is 0.314 e. The van der Waals surface area contributed by atoms with Crippen molar-refractivity contribution in [2.45, 2.75) is 19.5 Å². The van der Waals surface area contributed by atoms with Gasteiger partial charge in [-0.15, -0.1) is 0 Å². The Labute approximate surface area is 113 Å². The molecule has 0 saturated carbocycles. The Bertz CT molecular complexity index is 406. The van der Waals surface area contributed by atoms with Crippen LogP contribution in [0, 0.1) is 11.6 Å². The standard InChI is InChI=1S/C14H21F2N3/c1-11(19-6-4-17-5-7-19)9-18-10-12-2-3-13(15)8-14(12)16/h2-3,8,11,17-18H,4-7,9-10H2,1H3. The molecule has 0 amide bonds. The molecule has 1 saturated heterocycles. The third-order valence-electron chi connectivity index (χ3n) is 3.55. The predicted molar refractivity (Wildman–Crippen MR) is 72.0 cm³/mol. The van der Waals surface area contributed by atoms with E-state index in [1.165, 1.54) is 12.1 Å².